The second-order valence-electron chi connectivity index (χ2n) is 7.11. The van der Waals surface area contributed by atoms with Gasteiger partial charge in [-0.25, -0.2) is 4.39 Å². The predicted octanol–water partition coefficient (Wildman–Crippen LogP) is 3.71. The summed E-state index contributed by atoms with van der Waals surface area (Å²) >= 11 is 0. The molecule has 0 aliphatic carbocycles. The van der Waals surface area contributed by atoms with Crippen LogP contribution in [0.25, 0.3) is 11.3 Å². The van der Waals surface area contributed by atoms with Gasteiger partial charge in [0.05, 0.1) is 23.5 Å². The minimum absolute atomic E-state index is 0.139. The third-order valence-electron chi connectivity index (χ3n) is 5.13. The number of halogens is 1. The van der Waals surface area contributed by atoms with Crippen molar-refractivity contribution in [1.82, 2.24) is 15.1 Å². The van der Waals surface area contributed by atoms with E-state index in [-0.39, 0.29) is 23.5 Å². The number of nitrogens with one attached hydrogen (secondary N) is 2. The van der Waals surface area contributed by atoms with Gasteiger partial charge in [0.1, 0.15) is 5.82 Å². The summed E-state index contributed by atoms with van der Waals surface area (Å²) in [5.74, 6) is -1.02. The maximum Gasteiger partial charge on any atom is 0.253 e. The lowest BCUT2D eigenvalue weighted by Crippen LogP contribution is -2.43. The van der Waals surface area contributed by atoms with E-state index >= 15 is 0 Å². The number of anilines is 1. The van der Waals surface area contributed by atoms with Gasteiger partial charge in [0.2, 0.25) is 5.91 Å². The SMILES string of the molecule is O=C(Nc1cn[nH]c1-c1ccccc1)[C@H]1CCCN(C(=O)c2ccc(F)cc2)C1. The third-order valence-corrected chi connectivity index (χ3v) is 5.13. The van der Waals surface area contributed by atoms with Crippen LogP contribution in [0, 0.1) is 11.7 Å². The first-order valence-corrected chi connectivity index (χ1v) is 9.56. The lowest BCUT2D eigenvalue weighted by Gasteiger charge is -2.32. The Morgan fingerprint density at radius 3 is 2.62 bits per heavy atom. The van der Waals surface area contributed by atoms with Crippen LogP contribution in [0.1, 0.15) is 23.2 Å². The van der Waals surface area contributed by atoms with Crippen molar-refractivity contribution in [2.75, 3.05) is 18.4 Å². The number of rotatable bonds is 4. The molecular formula is C22H21FN4O2. The number of piperidine rings is 1. The van der Waals surface area contributed by atoms with Crippen LogP contribution in [-0.2, 0) is 4.79 Å². The molecule has 7 heteroatoms. The summed E-state index contributed by atoms with van der Waals surface area (Å²) in [6, 6.07) is 15.1. The van der Waals surface area contributed by atoms with Crippen LogP contribution >= 0.6 is 0 Å². The predicted molar refractivity (Wildman–Crippen MR) is 108 cm³/mol. The van der Waals surface area contributed by atoms with Gasteiger partial charge in [0.15, 0.2) is 0 Å². The molecule has 2 N–H and O–H groups in total. The normalized spacial score (nSPS) is 16.4. The summed E-state index contributed by atoms with van der Waals surface area (Å²) in [7, 11) is 0. The molecule has 0 unspecified atom stereocenters. The van der Waals surface area contributed by atoms with Gasteiger partial charge in [-0.15, -0.1) is 0 Å². The van der Waals surface area contributed by atoms with E-state index < -0.39 is 0 Å². The summed E-state index contributed by atoms with van der Waals surface area (Å²) in [6.45, 7) is 0.918. The highest BCUT2D eigenvalue weighted by atomic mass is 19.1. The van der Waals surface area contributed by atoms with Gasteiger partial charge < -0.3 is 10.2 Å². The number of aromatic amines is 1. The molecular weight excluding hydrogens is 371 g/mol. The van der Waals surface area contributed by atoms with E-state index in [1.165, 1.54) is 24.3 Å². The summed E-state index contributed by atoms with van der Waals surface area (Å²) < 4.78 is 13.1. The third kappa shape index (κ3) is 4.18. The topological polar surface area (TPSA) is 78.1 Å². The Hall–Kier alpha value is -3.48. The smallest absolute Gasteiger partial charge is 0.253 e. The maximum absolute atomic E-state index is 13.1. The number of H-pyrrole nitrogens is 1. The van der Waals surface area contributed by atoms with E-state index in [1.807, 2.05) is 30.3 Å². The molecule has 0 spiro atoms. The first kappa shape index (κ1) is 18.9. The zero-order valence-corrected chi connectivity index (χ0v) is 15.8. The fraction of sp³-hybridized carbons (Fsp3) is 0.227. The molecule has 0 bridgehead atoms. The van der Waals surface area contributed by atoms with Crippen LogP contribution in [0.3, 0.4) is 0 Å². The van der Waals surface area contributed by atoms with Crippen molar-refractivity contribution < 1.29 is 14.0 Å². The van der Waals surface area contributed by atoms with Crippen LogP contribution in [0.4, 0.5) is 10.1 Å². The molecule has 29 heavy (non-hydrogen) atoms. The summed E-state index contributed by atoms with van der Waals surface area (Å²) in [4.78, 5) is 27.2. The van der Waals surface area contributed by atoms with Crippen LogP contribution in [0.2, 0.25) is 0 Å². The molecule has 0 radical (unpaired) electrons. The number of hydrogen-bond acceptors (Lipinski definition) is 3. The van der Waals surface area contributed by atoms with E-state index in [2.05, 4.69) is 15.5 Å². The van der Waals surface area contributed by atoms with Gasteiger partial charge in [-0.1, -0.05) is 30.3 Å². The van der Waals surface area contributed by atoms with Crippen LogP contribution in [-0.4, -0.2) is 40.0 Å². The Bertz CT molecular complexity index is 1000. The highest BCUT2D eigenvalue weighted by Crippen LogP contribution is 2.27. The number of likely N-dealkylation sites (tertiary alicyclic amines) is 1. The summed E-state index contributed by atoms with van der Waals surface area (Å²) in [6.07, 6.45) is 3.03. The molecule has 1 aliphatic heterocycles. The first-order valence-electron chi connectivity index (χ1n) is 9.56. The second kappa shape index (κ2) is 8.26. The van der Waals surface area contributed by atoms with Crippen molar-refractivity contribution in [3.05, 3.63) is 72.2 Å². The van der Waals surface area contributed by atoms with Gasteiger partial charge in [0.25, 0.3) is 5.91 Å². The molecule has 6 nitrogen and oxygen atoms in total. The average molecular weight is 392 g/mol. The molecule has 1 aliphatic rings. The van der Waals surface area contributed by atoms with Gasteiger partial charge in [0, 0.05) is 24.2 Å². The molecule has 1 atom stereocenters. The Labute approximate surface area is 167 Å². The van der Waals surface area contributed by atoms with E-state index in [9.17, 15) is 14.0 Å². The van der Waals surface area contributed by atoms with Gasteiger partial charge in [-0.2, -0.15) is 5.10 Å². The van der Waals surface area contributed by atoms with Crippen molar-refractivity contribution in [1.29, 1.82) is 0 Å². The quantitative estimate of drug-likeness (QED) is 0.711. The number of carbonyl (C=O) groups excluding carboxylic acids is 2. The number of amides is 2. The molecule has 0 saturated carbocycles. The fourth-order valence-electron chi connectivity index (χ4n) is 3.59. The standard InChI is InChI=1S/C22H21FN4O2/c23-18-10-8-16(9-11-18)22(29)27-12-4-7-17(14-27)21(28)25-19-13-24-26-20(19)15-5-2-1-3-6-15/h1-3,5-6,8-11,13,17H,4,7,12,14H2,(H,24,26)(H,25,28)/t17-/m0/s1. The van der Waals surface area contributed by atoms with Gasteiger partial charge in [-0.3, -0.25) is 14.7 Å². The van der Waals surface area contributed by atoms with Crippen LogP contribution in [0.15, 0.2) is 60.8 Å². The Kier molecular flexibility index (Phi) is 5.37. The first-order chi connectivity index (χ1) is 14.1. The molecule has 148 valence electrons. The molecule has 2 aromatic carbocycles. The van der Waals surface area contributed by atoms with E-state index in [1.54, 1.807) is 11.1 Å². The van der Waals surface area contributed by atoms with Gasteiger partial charge >= 0.3 is 0 Å². The minimum atomic E-state index is -0.383. The van der Waals surface area contributed by atoms with Crippen molar-refractivity contribution in [2.45, 2.75) is 12.8 Å². The zero-order chi connectivity index (χ0) is 20.2. The second-order valence-corrected chi connectivity index (χ2v) is 7.11. The molecule has 2 amide bonds. The van der Waals surface area contributed by atoms with Crippen molar-refractivity contribution in [2.24, 2.45) is 5.92 Å². The van der Waals surface area contributed by atoms with Crippen molar-refractivity contribution in [3.63, 3.8) is 0 Å². The maximum atomic E-state index is 13.1. The Morgan fingerprint density at radius 1 is 1.10 bits per heavy atom. The molecule has 4 rings (SSSR count). The van der Waals surface area contributed by atoms with Crippen LogP contribution in [0.5, 0.6) is 0 Å². The monoisotopic (exact) mass is 392 g/mol. The Balaban J connectivity index is 1.44. The largest absolute Gasteiger partial charge is 0.338 e. The fourth-order valence-corrected chi connectivity index (χ4v) is 3.59. The average Bonchev–Trinajstić information content (AvgIpc) is 3.22. The van der Waals surface area contributed by atoms with E-state index in [0.29, 0.717) is 30.8 Å². The number of benzene rings is 2. The van der Waals surface area contributed by atoms with Crippen LogP contribution < -0.4 is 5.32 Å². The molecule has 1 fully saturated rings. The molecule has 1 aromatic heterocycles. The van der Waals surface area contributed by atoms with Crippen molar-refractivity contribution in [3.8, 4) is 11.3 Å². The molecule has 2 heterocycles. The molecule has 1 saturated heterocycles. The van der Waals surface area contributed by atoms with E-state index in [0.717, 1.165) is 17.7 Å². The minimum Gasteiger partial charge on any atom is -0.338 e. The van der Waals surface area contributed by atoms with Crippen molar-refractivity contribution >= 4 is 17.5 Å². The summed E-state index contributed by atoms with van der Waals surface area (Å²) in [5.41, 5.74) is 2.71. The molecule has 3 aromatic rings. The Morgan fingerprint density at radius 2 is 1.86 bits per heavy atom. The van der Waals surface area contributed by atoms with Gasteiger partial charge in [-0.05, 0) is 37.1 Å². The lowest BCUT2D eigenvalue weighted by atomic mass is 9.96. The number of carbonyl (C=O) groups is 2. The number of aromatic nitrogens is 2. The lowest BCUT2D eigenvalue weighted by molar-refractivity contribution is -0.121. The summed E-state index contributed by atoms with van der Waals surface area (Å²) in [5, 5.41) is 9.92. The highest BCUT2D eigenvalue weighted by molar-refractivity contribution is 5.97. The number of nitrogens with zero attached hydrogens (tertiary/aromatic N) is 2. The van der Waals surface area contributed by atoms with E-state index in [4.69, 9.17) is 0 Å². The highest BCUT2D eigenvalue weighted by Gasteiger charge is 2.29. The number of hydrogen-bond donors (Lipinski definition) is 2. The zero-order valence-electron chi connectivity index (χ0n) is 15.8.